The van der Waals surface area contributed by atoms with Gasteiger partial charge in [-0.25, -0.2) is 4.98 Å². The van der Waals surface area contributed by atoms with Crippen LogP contribution in [0.5, 0.6) is 17.2 Å². The molecule has 1 amide bonds. The third kappa shape index (κ3) is 5.22. The maximum Gasteiger partial charge on any atom is 0.295 e. The average Bonchev–Trinajstić information content (AvgIpc) is 3.55. The van der Waals surface area contributed by atoms with Crippen LogP contribution in [0.4, 0.5) is 0 Å². The topological polar surface area (TPSA) is 103 Å². The van der Waals surface area contributed by atoms with Crippen LogP contribution in [0.1, 0.15) is 43.4 Å². The van der Waals surface area contributed by atoms with Gasteiger partial charge in [-0.15, -0.1) is 0 Å². The molecule has 0 aliphatic carbocycles. The number of unbranched alkanes of at least 4 members (excludes halogenated alkanes) is 1. The molecule has 3 heterocycles. The van der Waals surface area contributed by atoms with Crippen LogP contribution in [0.25, 0.3) is 5.76 Å². The lowest BCUT2D eigenvalue weighted by atomic mass is 9.95. The van der Waals surface area contributed by atoms with E-state index in [-0.39, 0.29) is 11.3 Å². The summed E-state index contributed by atoms with van der Waals surface area (Å²) in [5.41, 5.74) is 1.15. The fourth-order valence-corrected chi connectivity index (χ4v) is 4.73. The molecule has 2 aliphatic rings. The van der Waals surface area contributed by atoms with Crippen molar-refractivity contribution >= 4 is 17.4 Å². The number of Topliss-reactive ketones (excluding diaryl/α,β-unsaturated/α-hetero) is 1. The van der Waals surface area contributed by atoms with Crippen molar-refractivity contribution in [2.75, 3.05) is 26.4 Å². The number of likely N-dealkylation sites (tertiary alicyclic amines) is 1. The SMILES string of the molecule is CCCCOc1ccc([C@@H]2C(=C(O)c3ccc4c(c3)OCCO4)C(=O)C(=O)N2CCCn2ccnc2)cc1. The number of carbonyl (C=O) groups is 2. The Kier molecular flexibility index (Phi) is 7.62. The Hall–Kier alpha value is -4.27. The largest absolute Gasteiger partial charge is 0.507 e. The molecule has 1 saturated heterocycles. The number of ether oxygens (including phenoxy) is 3. The van der Waals surface area contributed by atoms with Gasteiger partial charge >= 0.3 is 0 Å². The fourth-order valence-electron chi connectivity index (χ4n) is 4.73. The first-order valence-electron chi connectivity index (χ1n) is 12.9. The number of aryl methyl sites for hydroxylation is 1. The van der Waals surface area contributed by atoms with E-state index >= 15 is 0 Å². The highest BCUT2D eigenvalue weighted by molar-refractivity contribution is 6.46. The van der Waals surface area contributed by atoms with Gasteiger partial charge in [-0.2, -0.15) is 0 Å². The van der Waals surface area contributed by atoms with Gasteiger partial charge in [-0.1, -0.05) is 25.5 Å². The van der Waals surface area contributed by atoms with Crippen molar-refractivity contribution in [2.24, 2.45) is 0 Å². The monoisotopic (exact) mass is 517 g/mol. The number of aliphatic hydroxyl groups excluding tert-OH is 1. The molecule has 1 fully saturated rings. The lowest BCUT2D eigenvalue weighted by Gasteiger charge is -2.26. The summed E-state index contributed by atoms with van der Waals surface area (Å²) < 4.78 is 18.9. The van der Waals surface area contributed by atoms with Crippen molar-refractivity contribution < 1.29 is 28.9 Å². The molecule has 9 heteroatoms. The predicted molar refractivity (Wildman–Crippen MR) is 140 cm³/mol. The van der Waals surface area contributed by atoms with Crippen LogP contribution in [0.15, 0.2) is 66.8 Å². The Morgan fingerprint density at radius 1 is 1.05 bits per heavy atom. The zero-order chi connectivity index (χ0) is 26.5. The van der Waals surface area contributed by atoms with Crippen molar-refractivity contribution in [2.45, 2.75) is 38.8 Å². The number of hydrogen-bond donors (Lipinski definition) is 1. The second-order valence-electron chi connectivity index (χ2n) is 9.28. The summed E-state index contributed by atoms with van der Waals surface area (Å²) in [6, 6.07) is 11.6. The molecule has 0 saturated carbocycles. The summed E-state index contributed by atoms with van der Waals surface area (Å²) in [6.45, 7) is 4.53. The maximum atomic E-state index is 13.3. The van der Waals surface area contributed by atoms with Crippen LogP contribution >= 0.6 is 0 Å². The minimum absolute atomic E-state index is 0.0500. The number of aromatic nitrogens is 2. The third-order valence-corrected chi connectivity index (χ3v) is 6.69. The van der Waals surface area contributed by atoms with E-state index < -0.39 is 17.7 Å². The zero-order valence-corrected chi connectivity index (χ0v) is 21.3. The summed E-state index contributed by atoms with van der Waals surface area (Å²) in [4.78, 5) is 32.2. The minimum atomic E-state index is -0.740. The number of imidazole rings is 1. The average molecular weight is 518 g/mol. The standard InChI is InChI=1S/C29H31N3O6/c1-2-3-15-36-22-8-5-20(6-9-22)26-25(27(33)21-7-10-23-24(18-21)38-17-16-37-23)28(34)29(35)32(26)13-4-12-31-14-11-30-19-31/h5-11,14,18-19,26,33H,2-4,12-13,15-17H2,1H3/t26-/m1/s1. The second-order valence-corrected chi connectivity index (χ2v) is 9.28. The van der Waals surface area contributed by atoms with Gasteiger partial charge in [0, 0.05) is 31.0 Å². The molecule has 38 heavy (non-hydrogen) atoms. The summed E-state index contributed by atoms with van der Waals surface area (Å²) in [5, 5.41) is 11.4. The highest BCUT2D eigenvalue weighted by Crippen LogP contribution is 2.41. The van der Waals surface area contributed by atoms with Crippen molar-refractivity contribution in [3.8, 4) is 17.2 Å². The number of aliphatic hydroxyl groups is 1. The smallest absolute Gasteiger partial charge is 0.295 e. The van der Waals surface area contributed by atoms with Crippen LogP contribution in [0, 0.1) is 0 Å². The molecule has 1 atom stereocenters. The molecule has 1 N–H and O–H groups in total. The van der Waals surface area contributed by atoms with Gasteiger partial charge in [-0.3, -0.25) is 9.59 Å². The predicted octanol–water partition coefficient (Wildman–Crippen LogP) is 4.35. The van der Waals surface area contributed by atoms with Gasteiger partial charge in [0.15, 0.2) is 11.5 Å². The van der Waals surface area contributed by atoms with Gasteiger partial charge < -0.3 is 28.8 Å². The van der Waals surface area contributed by atoms with E-state index in [1.165, 1.54) is 4.90 Å². The molecule has 2 aromatic carbocycles. The van der Waals surface area contributed by atoms with E-state index in [4.69, 9.17) is 14.2 Å². The Labute approximate surface area is 221 Å². The quantitative estimate of drug-likeness (QED) is 0.185. The lowest BCUT2D eigenvalue weighted by molar-refractivity contribution is -0.139. The number of nitrogens with zero attached hydrogens (tertiary/aromatic N) is 3. The van der Waals surface area contributed by atoms with Gasteiger partial charge in [0.25, 0.3) is 11.7 Å². The Morgan fingerprint density at radius 2 is 1.84 bits per heavy atom. The van der Waals surface area contributed by atoms with Gasteiger partial charge in [0.05, 0.1) is 24.5 Å². The summed E-state index contributed by atoms with van der Waals surface area (Å²) in [7, 11) is 0. The highest BCUT2D eigenvalue weighted by atomic mass is 16.6. The van der Waals surface area contributed by atoms with Crippen LogP contribution in [0.3, 0.4) is 0 Å². The number of carbonyl (C=O) groups excluding carboxylic acids is 2. The Bertz CT molecular complexity index is 1320. The van der Waals surface area contributed by atoms with Gasteiger partial charge in [0.1, 0.15) is 24.7 Å². The second kappa shape index (κ2) is 11.4. The molecule has 1 aromatic heterocycles. The third-order valence-electron chi connectivity index (χ3n) is 6.69. The first-order valence-corrected chi connectivity index (χ1v) is 12.9. The maximum absolute atomic E-state index is 13.3. The van der Waals surface area contributed by atoms with E-state index in [0.717, 1.165) is 12.8 Å². The first-order chi connectivity index (χ1) is 18.6. The van der Waals surface area contributed by atoms with E-state index in [1.54, 1.807) is 30.7 Å². The molecule has 0 bridgehead atoms. The van der Waals surface area contributed by atoms with Crippen molar-refractivity contribution in [3.63, 3.8) is 0 Å². The van der Waals surface area contributed by atoms with Crippen LogP contribution in [-0.4, -0.2) is 57.6 Å². The molecular weight excluding hydrogens is 486 g/mol. The first kappa shape index (κ1) is 25.4. The number of ketones is 1. The van der Waals surface area contributed by atoms with Crippen molar-refractivity contribution in [3.05, 3.63) is 77.9 Å². The molecule has 0 spiro atoms. The number of benzene rings is 2. The molecule has 0 unspecified atom stereocenters. The normalized spacial score (nSPS) is 18.1. The Balaban J connectivity index is 1.48. The summed E-state index contributed by atoms with van der Waals surface area (Å²) >= 11 is 0. The number of amides is 1. The van der Waals surface area contributed by atoms with Crippen molar-refractivity contribution in [1.29, 1.82) is 0 Å². The van der Waals surface area contributed by atoms with Gasteiger partial charge in [0.2, 0.25) is 0 Å². The zero-order valence-electron chi connectivity index (χ0n) is 21.3. The summed E-state index contributed by atoms with van der Waals surface area (Å²) in [6.07, 6.45) is 7.86. The Morgan fingerprint density at radius 3 is 2.58 bits per heavy atom. The number of fused-ring (bicyclic) bond motifs is 1. The molecule has 198 valence electrons. The fraction of sp³-hybridized carbons (Fsp3) is 0.345. The molecule has 5 rings (SSSR count). The van der Waals surface area contributed by atoms with E-state index in [0.29, 0.717) is 67.7 Å². The highest BCUT2D eigenvalue weighted by Gasteiger charge is 2.45. The van der Waals surface area contributed by atoms with Crippen molar-refractivity contribution in [1.82, 2.24) is 14.5 Å². The van der Waals surface area contributed by atoms with Crippen LogP contribution in [-0.2, 0) is 16.1 Å². The van der Waals surface area contributed by atoms with Gasteiger partial charge in [-0.05, 0) is 48.7 Å². The van der Waals surface area contributed by atoms with Crippen LogP contribution < -0.4 is 14.2 Å². The molecule has 3 aromatic rings. The van der Waals surface area contributed by atoms with E-state index in [9.17, 15) is 14.7 Å². The minimum Gasteiger partial charge on any atom is -0.507 e. The van der Waals surface area contributed by atoms with E-state index in [2.05, 4.69) is 11.9 Å². The van der Waals surface area contributed by atoms with E-state index in [1.807, 2.05) is 35.0 Å². The molecule has 0 radical (unpaired) electrons. The lowest BCUT2D eigenvalue weighted by Crippen LogP contribution is -2.31. The van der Waals surface area contributed by atoms with Crippen LogP contribution in [0.2, 0.25) is 0 Å². The molecule has 9 nitrogen and oxygen atoms in total. The summed E-state index contributed by atoms with van der Waals surface area (Å²) in [5.74, 6) is 0.177. The molecular formula is C29H31N3O6. The molecule has 2 aliphatic heterocycles. The number of hydrogen-bond acceptors (Lipinski definition) is 7. The number of rotatable bonds is 10.